The minimum atomic E-state index is 0.259. The number of nitrogens with one attached hydrogen (secondary N) is 1. The van der Waals surface area contributed by atoms with E-state index in [0.29, 0.717) is 12.0 Å². The van der Waals surface area contributed by atoms with E-state index in [1.165, 1.54) is 0 Å². The number of carbonyl (C=O) groups excluding carboxylic acids is 1. The number of allylic oxidation sites excluding steroid dienone is 4. The minimum Gasteiger partial charge on any atom is -0.352 e. The average molecular weight is 173 g/mol. The summed E-state index contributed by atoms with van der Waals surface area (Å²) in [7, 11) is 0. The van der Waals surface area contributed by atoms with E-state index >= 15 is 0 Å². The summed E-state index contributed by atoms with van der Waals surface area (Å²) < 4.78 is 0. The van der Waals surface area contributed by atoms with Crippen LogP contribution in [0.1, 0.15) is 0 Å². The Hall–Kier alpha value is -1.05. The molecule has 0 aromatic heterocycles. The van der Waals surface area contributed by atoms with Gasteiger partial charge in [0.1, 0.15) is 0 Å². The number of β-lactam (4-membered cyclic amide) rings is 1. The van der Waals surface area contributed by atoms with E-state index in [0.717, 1.165) is 17.8 Å². The zero-order valence-corrected chi connectivity index (χ0v) is 7.18. The topological polar surface area (TPSA) is 29.1 Å². The average Bonchev–Trinajstić information content (AvgIpc) is 2.79. The van der Waals surface area contributed by atoms with Crippen LogP contribution in [0, 0.1) is 29.6 Å². The second kappa shape index (κ2) is 1.74. The largest absolute Gasteiger partial charge is 0.352 e. The van der Waals surface area contributed by atoms with E-state index in [1.807, 2.05) is 0 Å². The summed E-state index contributed by atoms with van der Waals surface area (Å²) in [6, 6.07) is 0.484. The molecule has 4 bridgehead atoms. The predicted octanol–water partition coefficient (Wildman–Crippen LogP) is 0.719. The fourth-order valence-corrected chi connectivity index (χ4v) is 3.36. The Labute approximate surface area is 76.7 Å². The summed E-state index contributed by atoms with van der Waals surface area (Å²) >= 11 is 0. The van der Waals surface area contributed by atoms with Crippen molar-refractivity contribution in [2.24, 2.45) is 29.6 Å². The van der Waals surface area contributed by atoms with Gasteiger partial charge in [-0.3, -0.25) is 4.79 Å². The fraction of sp³-hybridized carbons (Fsp3) is 0.545. The van der Waals surface area contributed by atoms with Gasteiger partial charge in [0.15, 0.2) is 0 Å². The Balaban J connectivity index is 1.87. The summed E-state index contributed by atoms with van der Waals surface area (Å²) in [6.07, 6.45) is 9.13. The lowest BCUT2D eigenvalue weighted by atomic mass is 9.78. The van der Waals surface area contributed by atoms with Crippen molar-refractivity contribution >= 4 is 5.91 Å². The number of hydrogen-bond donors (Lipinski definition) is 1. The molecule has 13 heavy (non-hydrogen) atoms. The number of rotatable bonds is 0. The van der Waals surface area contributed by atoms with E-state index in [1.54, 1.807) is 0 Å². The highest BCUT2D eigenvalue weighted by Gasteiger charge is 2.62. The molecule has 5 aliphatic rings. The van der Waals surface area contributed by atoms with Crippen LogP contribution in [0.5, 0.6) is 0 Å². The van der Waals surface area contributed by atoms with E-state index in [4.69, 9.17) is 0 Å². The van der Waals surface area contributed by atoms with Gasteiger partial charge in [-0.05, 0) is 17.8 Å². The van der Waals surface area contributed by atoms with E-state index in [2.05, 4.69) is 29.6 Å². The zero-order valence-electron chi connectivity index (χ0n) is 7.18. The van der Waals surface area contributed by atoms with Crippen molar-refractivity contribution in [2.75, 3.05) is 0 Å². The van der Waals surface area contributed by atoms with Crippen molar-refractivity contribution in [1.29, 1.82) is 0 Å². The Bertz CT molecular complexity index is 337. The predicted molar refractivity (Wildman–Crippen MR) is 47.7 cm³/mol. The highest BCUT2D eigenvalue weighted by Crippen LogP contribution is 2.58. The Morgan fingerprint density at radius 3 is 2.38 bits per heavy atom. The molecule has 0 spiro atoms. The lowest BCUT2D eigenvalue weighted by Gasteiger charge is -2.39. The van der Waals surface area contributed by atoms with Crippen LogP contribution in [0.2, 0.25) is 0 Å². The molecule has 0 aromatic rings. The smallest absolute Gasteiger partial charge is 0.226 e. The third-order valence-corrected chi connectivity index (χ3v) is 4.13. The molecule has 2 heteroatoms. The van der Waals surface area contributed by atoms with Crippen molar-refractivity contribution in [3.05, 3.63) is 24.3 Å². The molecule has 1 saturated heterocycles. The Morgan fingerprint density at radius 1 is 1.08 bits per heavy atom. The second-order valence-electron chi connectivity index (χ2n) is 4.64. The first-order valence-corrected chi connectivity index (χ1v) is 5.03. The molecule has 1 N–H and O–H groups in total. The first-order chi connectivity index (χ1) is 6.36. The Kier molecular flexibility index (Phi) is 0.859. The van der Waals surface area contributed by atoms with Gasteiger partial charge in [-0.15, -0.1) is 0 Å². The van der Waals surface area contributed by atoms with Gasteiger partial charge in [0.05, 0.1) is 5.92 Å². The van der Waals surface area contributed by atoms with Crippen LogP contribution in [0.25, 0.3) is 0 Å². The van der Waals surface area contributed by atoms with Crippen LogP contribution < -0.4 is 5.32 Å². The van der Waals surface area contributed by atoms with Crippen molar-refractivity contribution < 1.29 is 4.79 Å². The summed E-state index contributed by atoms with van der Waals surface area (Å²) in [5.74, 6) is 3.10. The lowest BCUT2D eigenvalue weighted by molar-refractivity contribution is -0.136. The first-order valence-electron chi connectivity index (χ1n) is 5.03. The summed E-state index contributed by atoms with van der Waals surface area (Å²) in [5.41, 5.74) is 0. The number of carbonyl (C=O) groups is 1. The molecule has 5 rings (SSSR count). The molecule has 1 heterocycles. The second-order valence-corrected chi connectivity index (χ2v) is 4.64. The normalized spacial score (nSPS) is 58.9. The van der Waals surface area contributed by atoms with Crippen LogP contribution >= 0.6 is 0 Å². The maximum Gasteiger partial charge on any atom is 0.226 e. The molecule has 1 amide bonds. The SMILES string of the molecule is O=C1N[C@H]2C3[C@H]4C=CC(C=C[C@@H]34)[C@@H]12. The van der Waals surface area contributed by atoms with Gasteiger partial charge in [-0.1, -0.05) is 24.3 Å². The van der Waals surface area contributed by atoms with Gasteiger partial charge in [0.2, 0.25) is 5.91 Å². The molecular formula is C11H11NO. The van der Waals surface area contributed by atoms with Crippen LogP contribution in [0.15, 0.2) is 24.3 Å². The monoisotopic (exact) mass is 173 g/mol. The van der Waals surface area contributed by atoms with Crippen molar-refractivity contribution in [2.45, 2.75) is 6.04 Å². The van der Waals surface area contributed by atoms with Crippen molar-refractivity contribution in [3.63, 3.8) is 0 Å². The maximum absolute atomic E-state index is 11.4. The summed E-state index contributed by atoms with van der Waals surface area (Å²) in [6.45, 7) is 0. The molecular weight excluding hydrogens is 162 g/mol. The van der Waals surface area contributed by atoms with Crippen molar-refractivity contribution in [1.82, 2.24) is 5.32 Å². The molecule has 0 radical (unpaired) electrons. The first kappa shape index (κ1) is 6.41. The van der Waals surface area contributed by atoms with Gasteiger partial charge in [0.25, 0.3) is 0 Å². The van der Waals surface area contributed by atoms with Gasteiger partial charge in [0, 0.05) is 12.0 Å². The van der Waals surface area contributed by atoms with Crippen LogP contribution in [0.4, 0.5) is 0 Å². The molecule has 2 fully saturated rings. The van der Waals surface area contributed by atoms with E-state index in [9.17, 15) is 4.79 Å². The third-order valence-electron chi connectivity index (χ3n) is 4.13. The molecule has 2 nitrogen and oxygen atoms in total. The van der Waals surface area contributed by atoms with Crippen molar-refractivity contribution in [3.8, 4) is 0 Å². The van der Waals surface area contributed by atoms with Gasteiger partial charge in [-0.25, -0.2) is 0 Å². The molecule has 6 atom stereocenters. The molecule has 2 unspecified atom stereocenters. The third kappa shape index (κ3) is 0.578. The van der Waals surface area contributed by atoms with Crippen LogP contribution in [0.3, 0.4) is 0 Å². The van der Waals surface area contributed by atoms with Gasteiger partial charge >= 0.3 is 0 Å². The summed E-state index contributed by atoms with van der Waals surface area (Å²) in [4.78, 5) is 11.4. The molecule has 1 saturated carbocycles. The maximum atomic E-state index is 11.4. The highest BCUT2D eigenvalue weighted by atomic mass is 16.2. The van der Waals surface area contributed by atoms with Crippen LogP contribution in [-0.2, 0) is 4.79 Å². The Morgan fingerprint density at radius 2 is 1.77 bits per heavy atom. The van der Waals surface area contributed by atoms with E-state index < -0.39 is 0 Å². The number of hydrogen-bond acceptors (Lipinski definition) is 1. The minimum absolute atomic E-state index is 0.259. The zero-order chi connectivity index (χ0) is 8.58. The molecule has 66 valence electrons. The van der Waals surface area contributed by atoms with Gasteiger partial charge < -0.3 is 5.32 Å². The van der Waals surface area contributed by atoms with E-state index in [-0.39, 0.29) is 11.8 Å². The lowest BCUT2D eigenvalue weighted by Crippen LogP contribution is -2.61. The summed E-state index contributed by atoms with van der Waals surface area (Å²) in [5, 5.41) is 3.06. The molecule has 4 aliphatic carbocycles. The fourth-order valence-electron chi connectivity index (χ4n) is 3.36. The van der Waals surface area contributed by atoms with Crippen LogP contribution in [-0.4, -0.2) is 11.9 Å². The standard InChI is InChI=1S/C11H11NO/c13-11-8-5-1-3-6-7(4-2-5)9(6)10(8)12-11/h1-10H,(H,12,13)/t5?,6-,7+,8-,9?,10-/m1/s1. The highest BCUT2D eigenvalue weighted by molar-refractivity contribution is 5.87. The quantitative estimate of drug-likeness (QED) is 0.424. The number of amides is 1. The molecule has 0 aromatic carbocycles. The molecule has 1 aliphatic heterocycles. The van der Waals surface area contributed by atoms with Gasteiger partial charge in [-0.2, -0.15) is 0 Å².